The third-order valence-electron chi connectivity index (χ3n) is 1.60. The van der Waals surface area contributed by atoms with Crippen LogP contribution in [0.5, 0.6) is 0 Å². The number of rotatable bonds is 4. The Hall–Kier alpha value is -1.98. The highest BCUT2D eigenvalue weighted by atomic mass is 32.2. The molecule has 0 aliphatic rings. The van der Waals surface area contributed by atoms with E-state index < -0.39 is 21.6 Å². The summed E-state index contributed by atoms with van der Waals surface area (Å²) in [5.74, 6) is 0. The third kappa shape index (κ3) is 2.75. The molecule has 1 aromatic rings. The van der Waals surface area contributed by atoms with Crippen molar-refractivity contribution < 1.29 is 17.5 Å². The molecule has 0 N–H and O–H groups in total. The van der Waals surface area contributed by atoms with Gasteiger partial charge in [0.05, 0.1) is 11.0 Å². The summed E-state index contributed by atoms with van der Waals surface area (Å²) in [5, 5.41) is 18.6. The second kappa shape index (κ2) is 4.69. The van der Waals surface area contributed by atoms with Gasteiger partial charge in [0.2, 0.25) is 0 Å². The van der Waals surface area contributed by atoms with Crippen molar-refractivity contribution in [2.24, 2.45) is 0 Å². The van der Waals surface area contributed by atoms with E-state index in [-0.39, 0.29) is 10.6 Å². The number of non-ortho nitro benzene ring substituents is 1. The van der Waals surface area contributed by atoms with Crippen LogP contribution in [-0.4, -0.2) is 19.9 Å². The van der Waals surface area contributed by atoms with Gasteiger partial charge in [0, 0.05) is 12.1 Å². The Kier molecular flexibility index (Phi) is 3.55. The SMILES string of the molecule is N#CCOS(=O)(=O)c1cccc([N+](=O)[O-])c1. The summed E-state index contributed by atoms with van der Waals surface area (Å²) in [6, 6.07) is 5.89. The Balaban J connectivity index is 3.10. The zero-order valence-corrected chi connectivity index (χ0v) is 8.68. The van der Waals surface area contributed by atoms with Crippen LogP contribution in [-0.2, 0) is 14.3 Å². The van der Waals surface area contributed by atoms with Gasteiger partial charge < -0.3 is 0 Å². The fourth-order valence-electron chi connectivity index (χ4n) is 0.925. The minimum absolute atomic E-state index is 0.350. The number of nitriles is 1. The number of nitro groups is 1. The maximum atomic E-state index is 11.4. The lowest BCUT2D eigenvalue weighted by molar-refractivity contribution is -0.385. The normalized spacial score (nSPS) is 10.7. The summed E-state index contributed by atoms with van der Waals surface area (Å²) >= 11 is 0. The van der Waals surface area contributed by atoms with Crippen LogP contribution in [0.1, 0.15) is 0 Å². The molecule has 0 fully saturated rings. The molecule has 0 radical (unpaired) electrons. The molecule has 0 heterocycles. The van der Waals surface area contributed by atoms with Crippen molar-refractivity contribution in [3.05, 3.63) is 34.4 Å². The Bertz CT molecular complexity index is 546. The van der Waals surface area contributed by atoms with Crippen molar-refractivity contribution in [1.29, 1.82) is 5.26 Å². The molecule has 0 saturated heterocycles. The molecule has 1 rings (SSSR count). The average molecular weight is 242 g/mol. The molecule has 0 unspecified atom stereocenters. The minimum Gasteiger partial charge on any atom is -0.258 e. The summed E-state index contributed by atoms with van der Waals surface area (Å²) in [5.41, 5.74) is -0.360. The largest absolute Gasteiger partial charge is 0.298 e. The number of hydrogen-bond acceptors (Lipinski definition) is 6. The van der Waals surface area contributed by atoms with E-state index in [1.54, 1.807) is 0 Å². The standard InChI is InChI=1S/C8H6N2O5S/c9-4-5-15-16(13,14)8-3-1-2-7(6-8)10(11)12/h1-3,6H,5H2. The first-order valence-corrected chi connectivity index (χ1v) is 5.39. The van der Waals surface area contributed by atoms with Crippen LogP contribution < -0.4 is 0 Å². The van der Waals surface area contributed by atoms with Gasteiger partial charge in [-0.25, -0.2) is 0 Å². The molecule has 0 saturated carbocycles. The summed E-state index contributed by atoms with van der Waals surface area (Å²) in [6.45, 7) is -0.634. The van der Waals surface area contributed by atoms with Crippen molar-refractivity contribution in [2.75, 3.05) is 6.61 Å². The molecule has 7 nitrogen and oxygen atoms in total. The smallest absolute Gasteiger partial charge is 0.258 e. The molecule has 0 aliphatic carbocycles. The molecule has 0 spiro atoms. The molecule has 1 aromatic carbocycles. The molecule has 0 bridgehead atoms. The molecule has 0 aromatic heterocycles. The van der Waals surface area contributed by atoms with Gasteiger partial charge in [0.15, 0.2) is 6.61 Å². The Labute approximate surface area is 91.2 Å². The van der Waals surface area contributed by atoms with Gasteiger partial charge in [-0.3, -0.25) is 14.3 Å². The van der Waals surface area contributed by atoms with Gasteiger partial charge in [0.1, 0.15) is 4.90 Å². The van der Waals surface area contributed by atoms with E-state index in [2.05, 4.69) is 4.18 Å². The van der Waals surface area contributed by atoms with Gasteiger partial charge in [-0.05, 0) is 6.07 Å². The maximum absolute atomic E-state index is 11.4. The van der Waals surface area contributed by atoms with Gasteiger partial charge in [-0.1, -0.05) is 6.07 Å². The highest BCUT2D eigenvalue weighted by molar-refractivity contribution is 7.86. The number of hydrogen-bond donors (Lipinski definition) is 0. The van der Waals surface area contributed by atoms with E-state index in [9.17, 15) is 18.5 Å². The summed E-state index contributed by atoms with van der Waals surface area (Å²) in [6.07, 6.45) is 0. The van der Waals surface area contributed by atoms with Crippen LogP contribution in [0, 0.1) is 21.4 Å². The van der Waals surface area contributed by atoms with Crippen molar-refractivity contribution >= 4 is 15.8 Å². The first-order chi connectivity index (χ1) is 7.47. The molecular formula is C8H6N2O5S. The molecule has 0 atom stereocenters. The van der Waals surface area contributed by atoms with Crippen LogP contribution in [0.4, 0.5) is 5.69 Å². The van der Waals surface area contributed by atoms with E-state index in [0.717, 1.165) is 18.2 Å². The maximum Gasteiger partial charge on any atom is 0.298 e. The zero-order chi connectivity index (χ0) is 12.2. The second-order valence-electron chi connectivity index (χ2n) is 2.63. The van der Waals surface area contributed by atoms with Crippen LogP contribution >= 0.6 is 0 Å². The van der Waals surface area contributed by atoms with Crippen molar-refractivity contribution in [1.82, 2.24) is 0 Å². The Morgan fingerprint density at radius 3 is 2.75 bits per heavy atom. The lowest BCUT2D eigenvalue weighted by Crippen LogP contribution is -2.06. The monoisotopic (exact) mass is 242 g/mol. The van der Waals surface area contributed by atoms with Crippen molar-refractivity contribution in [3.63, 3.8) is 0 Å². The highest BCUT2D eigenvalue weighted by Crippen LogP contribution is 2.18. The summed E-state index contributed by atoms with van der Waals surface area (Å²) in [4.78, 5) is 9.34. The minimum atomic E-state index is -4.11. The van der Waals surface area contributed by atoms with Crippen LogP contribution in [0.3, 0.4) is 0 Å². The highest BCUT2D eigenvalue weighted by Gasteiger charge is 2.18. The first-order valence-electron chi connectivity index (χ1n) is 3.98. The summed E-state index contributed by atoms with van der Waals surface area (Å²) in [7, 11) is -4.11. The lowest BCUT2D eigenvalue weighted by Gasteiger charge is -2.01. The van der Waals surface area contributed by atoms with Gasteiger partial charge >= 0.3 is 0 Å². The first kappa shape index (κ1) is 12.1. The van der Waals surface area contributed by atoms with Crippen molar-refractivity contribution in [2.45, 2.75) is 4.90 Å². The Morgan fingerprint density at radius 2 is 2.19 bits per heavy atom. The topological polar surface area (TPSA) is 110 Å². The molecule has 16 heavy (non-hydrogen) atoms. The fourth-order valence-corrected chi connectivity index (χ4v) is 1.78. The molecule has 0 aliphatic heterocycles. The number of benzene rings is 1. The van der Waals surface area contributed by atoms with E-state index in [1.165, 1.54) is 12.1 Å². The van der Waals surface area contributed by atoms with Crippen LogP contribution in [0.15, 0.2) is 29.2 Å². The zero-order valence-electron chi connectivity index (χ0n) is 7.86. The van der Waals surface area contributed by atoms with E-state index in [4.69, 9.17) is 5.26 Å². The average Bonchev–Trinajstić information content (AvgIpc) is 2.26. The molecular weight excluding hydrogens is 236 g/mol. The predicted octanol–water partition coefficient (Wildman–Crippen LogP) is 0.824. The fraction of sp³-hybridized carbons (Fsp3) is 0.125. The lowest BCUT2D eigenvalue weighted by atomic mass is 10.3. The van der Waals surface area contributed by atoms with Crippen molar-refractivity contribution in [3.8, 4) is 6.07 Å². The molecule has 0 amide bonds. The van der Waals surface area contributed by atoms with E-state index in [0.29, 0.717) is 0 Å². The second-order valence-corrected chi connectivity index (χ2v) is 4.24. The van der Waals surface area contributed by atoms with E-state index >= 15 is 0 Å². The quantitative estimate of drug-likeness (QED) is 0.439. The number of nitrogens with zero attached hydrogens (tertiary/aromatic N) is 2. The third-order valence-corrected chi connectivity index (χ3v) is 2.86. The predicted molar refractivity (Wildman–Crippen MR) is 51.8 cm³/mol. The van der Waals surface area contributed by atoms with Gasteiger partial charge in [-0.15, -0.1) is 0 Å². The number of nitro benzene ring substituents is 1. The summed E-state index contributed by atoms with van der Waals surface area (Å²) < 4.78 is 27.0. The van der Waals surface area contributed by atoms with Crippen LogP contribution in [0.25, 0.3) is 0 Å². The van der Waals surface area contributed by atoms with Crippen LogP contribution in [0.2, 0.25) is 0 Å². The molecule has 8 heteroatoms. The van der Waals surface area contributed by atoms with Gasteiger partial charge in [0.25, 0.3) is 15.8 Å². The van der Waals surface area contributed by atoms with E-state index in [1.807, 2.05) is 0 Å². The molecule has 84 valence electrons. The van der Waals surface area contributed by atoms with Gasteiger partial charge in [-0.2, -0.15) is 13.7 Å². The Morgan fingerprint density at radius 1 is 1.50 bits per heavy atom.